The van der Waals surface area contributed by atoms with Crippen LogP contribution in [0.5, 0.6) is 0 Å². The molecule has 6 heteroatoms. The molecule has 0 aromatic heterocycles. The average Bonchev–Trinajstić information content (AvgIpc) is 3.10. The van der Waals surface area contributed by atoms with E-state index < -0.39 is 5.54 Å². The molecule has 1 heterocycles. The molecule has 3 N–H and O–H groups in total. The fraction of sp³-hybridized carbons (Fsp3) is 0.632. The van der Waals surface area contributed by atoms with E-state index >= 15 is 0 Å². The third-order valence-electron chi connectivity index (χ3n) is 5.39. The molecule has 25 heavy (non-hydrogen) atoms. The van der Waals surface area contributed by atoms with Gasteiger partial charge < -0.3 is 16.0 Å². The minimum Gasteiger partial charge on any atom is -0.372 e. The molecule has 1 aromatic rings. The van der Waals surface area contributed by atoms with E-state index in [9.17, 15) is 4.79 Å². The Morgan fingerprint density at radius 1 is 1.12 bits per heavy atom. The van der Waals surface area contributed by atoms with Crippen LogP contribution in [0.4, 0.5) is 5.69 Å². The molecule has 1 atom stereocenters. The maximum Gasteiger partial charge on any atom is 0.240 e. The lowest BCUT2D eigenvalue weighted by Crippen LogP contribution is -2.55. The second kappa shape index (κ2) is 9.65. The predicted octanol–water partition coefficient (Wildman–Crippen LogP) is 3.97. The topological polar surface area (TPSA) is 58.4 Å². The van der Waals surface area contributed by atoms with Gasteiger partial charge in [0.25, 0.3) is 0 Å². The van der Waals surface area contributed by atoms with Crippen LogP contribution in [0, 0.1) is 0 Å². The Bertz CT molecular complexity index is 555. The molecule has 1 aliphatic heterocycles. The summed E-state index contributed by atoms with van der Waals surface area (Å²) in [7, 11) is 0. The SMILES string of the molecule is CC(NC(=O)C1(N)CCCCC1)c1cccc(N2CCCC2)c1.Cl.Cl. The number of nitrogens with two attached hydrogens (primary N) is 1. The Morgan fingerprint density at radius 3 is 2.40 bits per heavy atom. The van der Waals surface area contributed by atoms with Gasteiger partial charge in [0.15, 0.2) is 0 Å². The molecule has 1 saturated heterocycles. The van der Waals surface area contributed by atoms with Crippen molar-refractivity contribution in [2.75, 3.05) is 18.0 Å². The summed E-state index contributed by atoms with van der Waals surface area (Å²) in [6.07, 6.45) is 7.46. The van der Waals surface area contributed by atoms with E-state index in [0.29, 0.717) is 0 Å². The van der Waals surface area contributed by atoms with Crippen LogP contribution in [0.25, 0.3) is 0 Å². The highest BCUT2D eigenvalue weighted by molar-refractivity contribution is 5.86. The van der Waals surface area contributed by atoms with Crippen LogP contribution in [0.15, 0.2) is 24.3 Å². The Balaban J connectivity index is 0.00000156. The van der Waals surface area contributed by atoms with E-state index in [0.717, 1.165) is 44.3 Å². The van der Waals surface area contributed by atoms with Crippen LogP contribution in [-0.2, 0) is 4.79 Å². The van der Waals surface area contributed by atoms with Gasteiger partial charge in [0, 0.05) is 18.8 Å². The lowest BCUT2D eigenvalue weighted by atomic mass is 9.81. The second-order valence-electron chi connectivity index (χ2n) is 7.20. The Labute approximate surface area is 163 Å². The van der Waals surface area contributed by atoms with Gasteiger partial charge in [0.05, 0.1) is 11.6 Å². The van der Waals surface area contributed by atoms with Gasteiger partial charge in [-0.1, -0.05) is 31.4 Å². The van der Waals surface area contributed by atoms with E-state index in [-0.39, 0.29) is 36.8 Å². The second-order valence-corrected chi connectivity index (χ2v) is 7.20. The Kier molecular flexibility index (Phi) is 8.52. The van der Waals surface area contributed by atoms with Crippen LogP contribution in [-0.4, -0.2) is 24.5 Å². The molecule has 0 bridgehead atoms. The van der Waals surface area contributed by atoms with Crippen LogP contribution in [0.2, 0.25) is 0 Å². The fourth-order valence-electron chi connectivity index (χ4n) is 3.80. The maximum absolute atomic E-state index is 12.6. The first-order valence-corrected chi connectivity index (χ1v) is 9.03. The van der Waals surface area contributed by atoms with E-state index in [2.05, 4.69) is 34.5 Å². The van der Waals surface area contributed by atoms with Gasteiger partial charge in [-0.2, -0.15) is 0 Å². The highest BCUT2D eigenvalue weighted by Gasteiger charge is 2.35. The fourth-order valence-corrected chi connectivity index (χ4v) is 3.80. The first-order valence-electron chi connectivity index (χ1n) is 9.03. The summed E-state index contributed by atoms with van der Waals surface area (Å²) in [6, 6.07) is 8.54. The van der Waals surface area contributed by atoms with Crippen molar-refractivity contribution >= 4 is 36.4 Å². The first kappa shape index (κ1) is 22.1. The highest BCUT2D eigenvalue weighted by Crippen LogP contribution is 2.28. The number of halogens is 2. The van der Waals surface area contributed by atoms with Crippen LogP contribution < -0.4 is 16.0 Å². The quantitative estimate of drug-likeness (QED) is 0.821. The van der Waals surface area contributed by atoms with Gasteiger partial charge in [-0.05, 0) is 50.3 Å². The van der Waals surface area contributed by atoms with Crippen molar-refractivity contribution in [1.29, 1.82) is 0 Å². The van der Waals surface area contributed by atoms with Crippen molar-refractivity contribution in [3.05, 3.63) is 29.8 Å². The molecule has 2 aliphatic rings. The van der Waals surface area contributed by atoms with E-state index in [1.807, 2.05) is 6.92 Å². The summed E-state index contributed by atoms with van der Waals surface area (Å²) in [6.45, 7) is 4.32. The van der Waals surface area contributed by atoms with Gasteiger partial charge >= 0.3 is 0 Å². The molecule has 1 aromatic carbocycles. The Morgan fingerprint density at radius 2 is 1.76 bits per heavy atom. The number of carbonyl (C=O) groups excluding carboxylic acids is 1. The third kappa shape index (κ3) is 5.25. The largest absolute Gasteiger partial charge is 0.372 e. The molecule has 0 radical (unpaired) electrons. The number of amides is 1. The highest BCUT2D eigenvalue weighted by atomic mass is 35.5. The summed E-state index contributed by atoms with van der Waals surface area (Å²) in [4.78, 5) is 15.0. The van der Waals surface area contributed by atoms with Gasteiger partial charge in [-0.15, -0.1) is 24.8 Å². The number of carbonyl (C=O) groups is 1. The minimum absolute atomic E-state index is 0. The lowest BCUT2D eigenvalue weighted by molar-refractivity contribution is -0.128. The molecule has 1 aliphatic carbocycles. The van der Waals surface area contributed by atoms with Crippen molar-refractivity contribution in [2.24, 2.45) is 5.73 Å². The van der Waals surface area contributed by atoms with Crippen LogP contribution >= 0.6 is 24.8 Å². The molecule has 3 rings (SSSR count). The van der Waals surface area contributed by atoms with Crippen molar-refractivity contribution < 1.29 is 4.79 Å². The van der Waals surface area contributed by atoms with Gasteiger partial charge in [-0.25, -0.2) is 0 Å². The minimum atomic E-state index is -0.668. The third-order valence-corrected chi connectivity index (χ3v) is 5.39. The summed E-state index contributed by atoms with van der Waals surface area (Å²) in [5.74, 6) is 0.0104. The average molecular weight is 388 g/mol. The first-order chi connectivity index (χ1) is 11.1. The smallest absolute Gasteiger partial charge is 0.240 e. The monoisotopic (exact) mass is 387 g/mol. The Hall–Kier alpha value is -0.970. The molecule has 142 valence electrons. The zero-order valence-corrected chi connectivity index (χ0v) is 16.6. The van der Waals surface area contributed by atoms with E-state index in [1.54, 1.807) is 0 Å². The molecular weight excluding hydrogens is 357 g/mol. The standard InChI is InChI=1S/C19H29N3O.2ClH/c1-15(21-18(23)19(20)10-3-2-4-11-19)16-8-7-9-17(14-16)22-12-5-6-13-22;;/h7-9,14-15H,2-6,10-13,20H2,1H3,(H,21,23);2*1H. The van der Waals surface area contributed by atoms with Crippen LogP contribution in [0.3, 0.4) is 0 Å². The number of anilines is 1. The number of hydrogen-bond donors (Lipinski definition) is 2. The predicted molar refractivity (Wildman–Crippen MR) is 109 cm³/mol. The number of benzene rings is 1. The molecule has 1 saturated carbocycles. The molecule has 2 fully saturated rings. The van der Waals surface area contributed by atoms with Gasteiger partial charge in [0.1, 0.15) is 0 Å². The number of nitrogens with zero attached hydrogens (tertiary/aromatic N) is 1. The molecule has 1 unspecified atom stereocenters. The zero-order chi connectivity index (χ0) is 16.3. The summed E-state index contributed by atoms with van der Waals surface area (Å²) in [5, 5.41) is 3.14. The van der Waals surface area contributed by atoms with E-state index in [1.165, 1.54) is 24.9 Å². The van der Waals surface area contributed by atoms with Gasteiger partial charge in [0.2, 0.25) is 5.91 Å². The normalized spacial score (nSPS) is 20.2. The number of hydrogen-bond acceptors (Lipinski definition) is 3. The summed E-state index contributed by atoms with van der Waals surface area (Å²) < 4.78 is 0. The molecule has 0 spiro atoms. The molecular formula is C19H31Cl2N3O. The van der Waals surface area contributed by atoms with Gasteiger partial charge in [-0.3, -0.25) is 4.79 Å². The van der Waals surface area contributed by atoms with Crippen molar-refractivity contribution in [2.45, 2.75) is 63.5 Å². The van der Waals surface area contributed by atoms with Crippen molar-refractivity contribution in [3.8, 4) is 0 Å². The van der Waals surface area contributed by atoms with Crippen molar-refractivity contribution in [3.63, 3.8) is 0 Å². The molecule has 1 amide bonds. The van der Waals surface area contributed by atoms with Crippen LogP contribution in [0.1, 0.15) is 63.5 Å². The number of rotatable bonds is 4. The number of nitrogens with one attached hydrogen (secondary N) is 1. The summed E-state index contributed by atoms with van der Waals surface area (Å²) >= 11 is 0. The molecule has 4 nitrogen and oxygen atoms in total. The van der Waals surface area contributed by atoms with Crippen molar-refractivity contribution in [1.82, 2.24) is 5.32 Å². The maximum atomic E-state index is 12.6. The lowest BCUT2D eigenvalue weighted by Gasteiger charge is -2.33. The zero-order valence-electron chi connectivity index (χ0n) is 15.0. The summed E-state index contributed by atoms with van der Waals surface area (Å²) in [5.41, 5.74) is 8.09. The van der Waals surface area contributed by atoms with E-state index in [4.69, 9.17) is 5.73 Å².